The van der Waals surface area contributed by atoms with Crippen LogP contribution in [0.1, 0.15) is 12.5 Å². The molecule has 1 amide bonds. The lowest BCUT2D eigenvalue weighted by Crippen LogP contribution is -2.13. The Kier molecular flexibility index (Phi) is 4.48. The van der Waals surface area contributed by atoms with Crippen molar-refractivity contribution in [2.24, 2.45) is 0 Å². The van der Waals surface area contributed by atoms with Crippen LogP contribution >= 0.6 is 0 Å². The topological polar surface area (TPSA) is 105 Å². The minimum absolute atomic E-state index is 0.263. The molecule has 3 N–H and O–H groups in total. The van der Waals surface area contributed by atoms with Crippen molar-refractivity contribution >= 4 is 45.2 Å². The van der Waals surface area contributed by atoms with E-state index in [-0.39, 0.29) is 12.4 Å². The monoisotopic (exact) mass is 380 g/mol. The first-order valence-electron chi connectivity index (χ1n) is 8.65. The summed E-state index contributed by atoms with van der Waals surface area (Å²) in [6, 6.07) is 6.57. The first kappa shape index (κ1) is 17.7. The molecule has 0 atom stereocenters. The third-order valence-corrected chi connectivity index (χ3v) is 4.27. The van der Waals surface area contributed by atoms with Gasteiger partial charge in [-0.05, 0) is 38.1 Å². The van der Waals surface area contributed by atoms with Gasteiger partial charge in [0.15, 0.2) is 0 Å². The Hall–Kier alpha value is -3.75. The second-order valence-electron chi connectivity index (χ2n) is 6.13. The van der Waals surface area contributed by atoms with Gasteiger partial charge in [-0.2, -0.15) is 5.10 Å². The second kappa shape index (κ2) is 7.10. The van der Waals surface area contributed by atoms with Gasteiger partial charge >= 0.3 is 6.09 Å². The van der Waals surface area contributed by atoms with Crippen LogP contribution in [-0.4, -0.2) is 32.9 Å². The molecule has 0 aliphatic rings. The maximum Gasteiger partial charge on any atom is 0.411 e. The number of fused-ring (bicyclic) bond motifs is 2. The number of hydrogen-bond acceptors (Lipinski definition) is 6. The number of hydrogen-bond donors (Lipinski definition) is 3. The van der Waals surface area contributed by atoms with Crippen LogP contribution in [0.15, 0.2) is 36.7 Å². The van der Waals surface area contributed by atoms with Crippen molar-refractivity contribution in [2.45, 2.75) is 13.8 Å². The van der Waals surface area contributed by atoms with Crippen LogP contribution in [0.5, 0.6) is 0 Å². The van der Waals surface area contributed by atoms with E-state index in [1.165, 1.54) is 6.07 Å². The molecule has 0 saturated carbocycles. The van der Waals surface area contributed by atoms with Crippen LogP contribution in [0.4, 0.5) is 26.5 Å². The number of amides is 1. The molecular formula is C19H17FN6O2. The fraction of sp³-hybridized carbons (Fsp3) is 0.158. The van der Waals surface area contributed by atoms with Crippen LogP contribution in [-0.2, 0) is 4.74 Å². The molecule has 4 aromatic rings. The number of nitrogens with zero attached hydrogens (tertiary/aromatic N) is 3. The van der Waals surface area contributed by atoms with Gasteiger partial charge < -0.3 is 10.1 Å². The molecule has 2 aromatic carbocycles. The maximum atomic E-state index is 13.8. The van der Waals surface area contributed by atoms with Gasteiger partial charge in [-0.3, -0.25) is 10.4 Å². The Morgan fingerprint density at radius 2 is 2.14 bits per heavy atom. The van der Waals surface area contributed by atoms with Crippen LogP contribution in [0.3, 0.4) is 0 Å². The maximum absolute atomic E-state index is 13.8. The predicted octanol–water partition coefficient (Wildman–Crippen LogP) is 4.27. The van der Waals surface area contributed by atoms with E-state index in [0.29, 0.717) is 33.9 Å². The molecule has 2 aromatic heterocycles. The zero-order valence-electron chi connectivity index (χ0n) is 15.2. The van der Waals surface area contributed by atoms with Crippen LogP contribution in [0.2, 0.25) is 0 Å². The normalized spacial score (nSPS) is 11.0. The SMILES string of the molecule is CCOC(=O)Nc1cc(Nc2ncc3ccc(F)c(C)c3n2)cc2[nH]ncc12. The molecule has 0 saturated heterocycles. The molecule has 0 aliphatic carbocycles. The molecule has 0 bridgehead atoms. The number of rotatable bonds is 4. The number of ether oxygens (including phenoxy) is 1. The van der Waals surface area contributed by atoms with Crippen LogP contribution in [0.25, 0.3) is 21.8 Å². The van der Waals surface area contributed by atoms with E-state index >= 15 is 0 Å². The van der Waals surface area contributed by atoms with Crippen molar-refractivity contribution in [3.63, 3.8) is 0 Å². The quantitative estimate of drug-likeness (QED) is 0.488. The first-order chi connectivity index (χ1) is 13.5. The highest BCUT2D eigenvalue weighted by Crippen LogP contribution is 2.29. The fourth-order valence-electron chi connectivity index (χ4n) is 2.91. The van der Waals surface area contributed by atoms with Gasteiger partial charge in [0.05, 0.1) is 29.5 Å². The van der Waals surface area contributed by atoms with Gasteiger partial charge in [0, 0.05) is 28.2 Å². The molecule has 0 radical (unpaired) electrons. The van der Waals surface area contributed by atoms with Crippen LogP contribution < -0.4 is 10.6 Å². The number of anilines is 3. The number of carbonyl (C=O) groups is 1. The fourth-order valence-corrected chi connectivity index (χ4v) is 2.91. The minimum atomic E-state index is -0.560. The number of aryl methyl sites for hydroxylation is 1. The van der Waals surface area contributed by atoms with E-state index < -0.39 is 6.09 Å². The van der Waals surface area contributed by atoms with Gasteiger partial charge in [0.25, 0.3) is 0 Å². The summed E-state index contributed by atoms with van der Waals surface area (Å²) in [6.45, 7) is 3.67. The largest absolute Gasteiger partial charge is 0.450 e. The standard InChI is InChI=1S/C19H17FN6O2/c1-3-28-19(27)24-15-6-12(7-16-13(15)9-22-26-16)23-18-21-8-11-4-5-14(20)10(2)17(11)25-18/h4-9H,3H2,1-2H3,(H,22,26)(H,24,27)(H,21,23,25). The van der Waals surface area contributed by atoms with E-state index in [2.05, 4.69) is 30.8 Å². The van der Waals surface area contributed by atoms with Crippen molar-refractivity contribution < 1.29 is 13.9 Å². The number of carbonyl (C=O) groups excluding carboxylic acids is 1. The zero-order chi connectivity index (χ0) is 19.7. The van der Waals surface area contributed by atoms with Crippen molar-refractivity contribution in [2.75, 3.05) is 17.2 Å². The summed E-state index contributed by atoms with van der Waals surface area (Å²) in [6.07, 6.45) is 2.68. The van der Waals surface area contributed by atoms with Crippen LogP contribution in [0, 0.1) is 12.7 Å². The highest BCUT2D eigenvalue weighted by Gasteiger charge is 2.12. The van der Waals surface area contributed by atoms with E-state index in [0.717, 1.165) is 10.8 Å². The van der Waals surface area contributed by atoms with E-state index in [1.807, 2.05) is 6.07 Å². The summed E-state index contributed by atoms with van der Waals surface area (Å²) in [5.74, 6) is -0.0147. The summed E-state index contributed by atoms with van der Waals surface area (Å²) in [5, 5.41) is 14.1. The molecule has 28 heavy (non-hydrogen) atoms. The Morgan fingerprint density at radius 1 is 1.29 bits per heavy atom. The van der Waals surface area contributed by atoms with Gasteiger partial charge in [-0.1, -0.05) is 0 Å². The lowest BCUT2D eigenvalue weighted by Gasteiger charge is -2.11. The highest BCUT2D eigenvalue weighted by atomic mass is 19.1. The Labute approximate surface area is 159 Å². The molecular weight excluding hydrogens is 363 g/mol. The molecule has 142 valence electrons. The summed E-state index contributed by atoms with van der Waals surface area (Å²) < 4.78 is 18.8. The third kappa shape index (κ3) is 3.29. The van der Waals surface area contributed by atoms with E-state index in [1.54, 1.807) is 38.4 Å². The number of nitrogens with one attached hydrogen (secondary N) is 3. The Bertz CT molecular complexity index is 1190. The highest BCUT2D eigenvalue weighted by molar-refractivity contribution is 6.00. The second-order valence-corrected chi connectivity index (χ2v) is 6.13. The Morgan fingerprint density at radius 3 is 2.96 bits per heavy atom. The molecule has 0 unspecified atom stereocenters. The van der Waals surface area contributed by atoms with Crippen molar-refractivity contribution in [3.8, 4) is 0 Å². The molecule has 8 nitrogen and oxygen atoms in total. The van der Waals surface area contributed by atoms with Gasteiger partial charge in [-0.15, -0.1) is 0 Å². The lowest BCUT2D eigenvalue weighted by atomic mass is 10.1. The number of halogens is 1. The van der Waals surface area contributed by atoms with E-state index in [4.69, 9.17) is 4.74 Å². The van der Waals surface area contributed by atoms with Crippen molar-refractivity contribution in [1.82, 2.24) is 20.2 Å². The summed E-state index contributed by atoms with van der Waals surface area (Å²) in [4.78, 5) is 20.5. The number of aromatic amines is 1. The van der Waals surface area contributed by atoms with E-state index in [9.17, 15) is 9.18 Å². The molecule has 2 heterocycles. The molecule has 9 heteroatoms. The summed E-state index contributed by atoms with van der Waals surface area (Å²) in [5.41, 5.74) is 2.84. The average Bonchev–Trinajstić information content (AvgIpc) is 3.14. The Balaban J connectivity index is 1.70. The first-order valence-corrected chi connectivity index (χ1v) is 8.65. The van der Waals surface area contributed by atoms with Gasteiger partial charge in [-0.25, -0.2) is 19.2 Å². The number of aromatic nitrogens is 4. The molecule has 0 spiro atoms. The molecule has 0 fully saturated rings. The van der Waals surface area contributed by atoms with Gasteiger partial charge in [0.2, 0.25) is 5.95 Å². The third-order valence-electron chi connectivity index (χ3n) is 4.27. The van der Waals surface area contributed by atoms with Gasteiger partial charge in [0.1, 0.15) is 5.82 Å². The predicted molar refractivity (Wildman–Crippen MR) is 104 cm³/mol. The molecule has 4 rings (SSSR count). The number of H-pyrrole nitrogens is 1. The molecule has 0 aliphatic heterocycles. The smallest absolute Gasteiger partial charge is 0.411 e. The average molecular weight is 380 g/mol. The summed E-state index contributed by atoms with van der Waals surface area (Å²) in [7, 11) is 0. The van der Waals surface area contributed by atoms with Crippen molar-refractivity contribution in [3.05, 3.63) is 48.0 Å². The lowest BCUT2D eigenvalue weighted by molar-refractivity contribution is 0.168. The van der Waals surface area contributed by atoms with Crippen molar-refractivity contribution in [1.29, 1.82) is 0 Å². The minimum Gasteiger partial charge on any atom is -0.450 e. The summed E-state index contributed by atoms with van der Waals surface area (Å²) >= 11 is 0. The zero-order valence-corrected chi connectivity index (χ0v) is 15.2. The number of benzene rings is 2.